The average molecular weight is 233 g/mol. The van der Waals surface area contributed by atoms with Gasteiger partial charge in [-0.3, -0.25) is 4.98 Å². The van der Waals surface area contributed by atoms with E-state index in [0.717, 1.165) is 19.4 Å². The summed E-state index contributed by atoms with van der Waals surface area (Å²) in [5.74, 6) is 0. The van der Waals surface area contributed by atoms with E-state index in [1.54, 1.807) is 0 Å². The molecule has 3 heteroatoms. The average Bonchev–Trinajstić information content (AvgIpc) is 2.40. The Balaban J connectivity index is 1.96. The highest BCUT2D eigenvalue weighted by Gasteiger charge is 2.20. The summed E-state index contributed by atoms with van der Waals surface area (Å²) in [7, 11) is 0. The molecule has 1 fully saturated rings. The maximum atomic E-state index is 5.75. The van der Waals surface area contributed by atoms with Crippen LogP contribution in [0.15, 0.2) is 24.5 Å². The largest absolute Gasteiger partial charge is 0.330 e. The molecule has 0 aromatic carbocycles. The summed E-state index contributed by atoms with van der Waals surface area (Å²) in [6, 6.07) is 4.79. The zero-order chi connectivity index (χ0) is 11.9. The fourth-order valence-electron chi connectivity index (χ4n) is 2.68. The molecule has 1 atom stereocenters. The molecule has 3 nitrogen and oxygen atoms in total. The van der Waals surface area contributed by atoms with E-state index in [4.69, 9.17) is 5.73 Å². The van der Waals surface area contributed by atoms with Gasteiger partial charge in [-0.2, -0.15) is 0 Å². The molecule has 0 bridgehead atoms. The second-order valence-corrected chi connectivity index (χ2v) is 4.89. The zero-order valence-corrected chi connectivity index (χ0v) is 10.5. The van der Waals surface area contributed by atoms with Crippen molar-refractivity contribution >= 4 is 0 Å². The second-order valence-electron chi connectivity index (χ2n) is 4.89. The molecule has 1 saturated heterocycles. The Morgan fingerprint density at radius 1 is 1.29 bits per heavy atom. The highest BCUT2D eigenvalue weighted by Crippen LogP contribution is 2.17. The first-order chi connectivity index (χ1) is 8.40. The lowest BCUT2D eigenvalue weighted by molar-refractivity contribution is 0.155. The molecule has 1 aliphatic rings. The van der Waals surface area contributed by atoms with Crippen LogP contribution in [0.4, 0.5) is 0 Å². The van der Waals surface area contributed by atoms with Crippen LogP contribution in [0.1, 0.15) is 31.2 Å². The van der Waals surface area contributed by atoms with E-state index in [0.29, 0.717) is 6.04 Å². The molecular formula is C14H23N3. The van der Waals surface area contributed by atoms with Crippen LogP contribution in [-0.2, 0) is 6.42 Å². The third-order valence-electron chi connectivity index (χ3n) is 3.60. The summed E-state index contributed by atoms with van der Waals surface area (Å²) in [6.45, 7) is 3.26. The Bertz CT molecular complexity index is 307. The Morgan fingerprint density at radius 2 is 2.12 bits per heavy atom. The quantitative estimate of drug-likeness (QED) is 0.843. The van der Waals surface area contributed by atoms with Crippen LogP contribution < -0.4 is 5.73 Å². The van der Waals surface area contributed by atoms with Gasteiger partial charge in [0.25, 0.3) is 0 Å². The van der Waals surface area contributed by atoms with Gasteiger partial charge in [-0.25, -0.2) is 0 Å². The number of rotatable bonds is 5. The number of hydrogen-bond donors (Lipinski definition) is 1. The van der Waals surface area contributed by atoms with Gasteiger partial charge < -0.3 is 10.6 Å². The predicted octanol–water partition coefficient (Wildman–Crippen LogP) is 1.83. The normalized spacial score (nSPS) is 19.1. The molecule has 2 heterocycles. The minimum absolute atomic E-state index is 0.601. The minimum atomic E-state index is 0.601. The number of piperidine rings is 1. The fraction of sp³-hybridized carbons (Fsp3) is 0.643. The molecule has 1 aliphatic heterocycles. The topological polar surface area (TPSA) is 42.1 Å². The first-order valence-corrected chi connectivity index (χ1v) is 6.73. The Hall–Kier alpha value is -0.930. The number of aromatic nitrogens is 1. The van der Waals surface area contributed by atoms with Crippen LogP contribution in [0.3, 0.4) is 0 Å². The van der Waals surface area contributed by atoms with Crippen LogP contribution in [0, 0.1) is 0 Å². The molecule has 94 valence electrons. The Labute approximate surface area is 104 Å². The van der Waals surface area contributed by atoms with E-state index in [1.165, 1.54) is 37.9 Å². The molecule has 2 rings (SSSR count). The van der Waals surface area contributed by atoms with Crippen LogP contribution in [0.5, 0.6) is 0 Å². The van der Waals surface area contributed by atoms with Crippen LogP contribution >= 0.6 is 0 Å². The number of nitrogens with zero attached hydrogens (tertiary/aromatic N) is 2. The molecule has 2 N–H and O–H groups in total. The van der Waals surface area contributed by atoms with Gasteiger partial charge in [0.2, 0.25) is 0 Å². The predicted molar refractivity (Wildman–Crippen MR) is 70.8 cm³/mol. The summed E-state index contributed by atoms with van der Waals surface area (Å²) < 4.78 is 0. The van der Waals surface area contributed by atoms with Crippen molar-refractivity contribution in [2.24, 2.45) is 5.73 Å². The molecule has 0 amide bonds. The van der Waals surface area contributed by atoms with Gasteiger partial charge in [0.15, 0.2) is 0 Å². The van der Waals surface area contributed by atoms with Crippen molar-refractivity contribution in [3.8, 4) is 0 Å². The molecule has 0 spiro atoms. The molecule has 0 saturated carbocycles. The highest BCUT2D eigenvalue weighted by atomic mass is 15.2. The summed E-state index contributed by atoms with van der Waals surface area (Å²) in [6.07, 6.45) is 10.1. The lowest BCUT2D eigenvalue weighted by atomic mass is 10.00. The monoisotopic (exact) mass is 233 g/mol. The van der Waals surface area contributed by atoms with Crippen LogP contribution in [0.2, 0.25) is 0 Å². The summed E-state index contributed by atoms with van der Waals surface area (Å²) in [5.41, 5.74) is 7.08. The van der Waals surface area contributed by atoms with Gasteiger partial charge >= 0.3 is 0 Å². The van der Waals surface area contributed by atoms with Gasteiger partial charge in [0.1, 0.15) is 0 Å². The van der Waals surface area contributed by atoms with Crippen molar-refractivity contribution in [1.29, 1.82) is 0 Å². The van der Waals surface area contributed by atoms with E-state index in [2.05, 4.69) is 16.0 Å². The van der Waals surface area contributed by atoms with Gasteiger partial charge in [0.05, 0.1) is 0 Å². The third-order valence-corrected chi connectivity index (χ3v) is 3.60. The van der Waals surface area contributed by atoms with Crippen molar-refractivity contribution in [2.45, 2.75) is 38.1 Å². The SMILES string of the molecule is NCCC(Cc1cccnc1)N1CCCCC1. The summed E-state index contributed by atoms with van der Waals surface area (Å²) in [5, 5.41) is 0. The first kappa shape index (κ1) is 12.5. The summed E-state index contributed by atoms with van der Waals surface area (Å²) in [4.78, 5) is 6.81. The number of hydrogen-bond acceptors (Lipinski definition) is 3. The number of nitrogens with two attached hydrogens (primary N) is 1. The molecule has 0 aliphatic carbocycles. The minimum Gasteiger partial charge on any atom is -0.330 e. The van der Waals surface area contributed by atoms with Crippen molar-refractivity contribution in [3.05, 3.63) is 30.1 Å². The maximum Gasteiger partial charge on any atom is 0.0300 e. The molecule has 17 heavy (non-hydrogen) atoms. The first-order valence-electron chi connectivity index (χ1n) is 6.73. The lowest BCUT2D eigenvalue weighted by Gasteiger charge is -2.34. The second kappa shape index (κ2) is 6.72. The van der Waals surface area contributed by atoms with Crippen LogP contribution in [-0.4, -0.2) is 35.6 Å². The molecule has 1 unspecified atom stereocenters. The van der Waals surface area contributed by atoms with Gasteiger partial charge in [-0.15, -0.1) is 0 Å². The smallest absolute Gasteiger partial charge is 0.0300 e. The van der Waals surface area contributed by atoms with Crippen molar-refractivity contribution < 1.29 is 0 Å². The van der Waals surface area contributed by atoms with E-state index < -0.39 is 0 Å². The Morgan fingerprint density at radius 3 is 2.76 bits per heavy atom. The van der Waals surface area contributed by atoms with E-state index >= 15 is 0 Å². The number of likely N-dealkylation sites (tertiary alicyclic amines) is 1. The molecule has 1 aromatic heterocycles. The molecule has 1 aromatic rings. The van der Waals surface area contributed by atoms with Crippen molar-refractivity contribution in [1.82, 2.24) is 9.88 Å². The van der Waals surface area contributed by atoms with E-state index in [1.807, 2.05) is 18.5 Å². The highest BCUT2D eigenvalue weighted by molar-refractivity contribution is 5.10. The van der Waals surface area contributed by atoms with Gasteiger partial charge in [0, 0.05) is 18.4 Å². The van der Waals surface area contributed by atoms with Crippen molar-refractivity contribution in [3.63, 3.8) is 0 Å². The lowest BCUT2D eigenvalue weighted by Crippen LogP contribution is -2.41. The fourth-order valence-corrected chi connectivity index (χ4v) is 2.68. The molecule has 0 radical (unpaired) electrons. The third kappa shape index (κ3) is 3.79. The molecular weight excluding hydrogens is 210 g/mol. The maximum absolute atomic E-state index is 5.75. The van der Waals surface area contributed by atoms with E-state index in [9.17, 15) is 0 Å². The number of pyridine rings is 1. The zero-order valence-electron chi connectivity index (χ0n) is 10.5. The van der Waals surface area contributed by atoms with Crippen molar-refractivity contribution in [2.75, 3.05) is 19.6 Å². The summed E-state index contributed by atoms with van der Waals surface area (Å²) >= 11 is 0. The van der Waals surface area contributed by atoms with Crippen LogP contribution in [0.25, 0.3) is 0 Å². The standard InChI is InChI=1S/C14H23N3/c15-7-6-14(17-9-2-1-3-10-17)11-13-5-4-8-16-12-13/h4-5,8,12,14H,1-3,6-7,9-11,15H2. The Kier molecular flexibility index (Phi) is 4.95. The van der Waals surface area contributed by atoms with Gasteiger partial charge in [-0.1, -0.05) is 12.5 Å². The van der Waals surface area contributed by atoms with E-state index in [-0.39, 0.29) is 0 Å². The van der Waals surface area contributed by atoms with Gasteiger partial charge in [-0.05, 0) is 56.9 Å².